The van der Waals surface area contributed by atoms with Gasteiger partial charge in [0.2, 0.25) is 0 Å². The van der Waals surface area contributed by atoms with Crippen LogP contribution in [-0.4, -0.2) is 68.3 Å². The minimum absolute atomic E-state index is 0.866. The summed E-state index contributed by atoms with van der Waals surface area (Å²) in [7, 11) is 4.24. The van der Waals surface area contributed by atoms with E-state index < -0.39 is 0 Å². The Kier molecular flexibility index (Phi) is 10.2. The van der Waals surface area contributed by atoms with Gasteiger partial charge in [0.05, 0.1) is 0 Å². The zero-order valence-electron chi connectivity index (χ0n) is 5.91. The van der Waals surface area contributed by atoms with Crippen LogP contribution < -0.4 is 0 Å². The Balaban J connectivity index is 3.00. The minimum atomic E-state index is 0.866. The van der Waals surface area contributed by atoms with Crippen molar-refractivity contribution in [2.45, 2.75) is 0 Å². The quantitative estimate of drug-likeness (QED) is 0.378. The molecule has 0 fully saturated rings. The van der Waals surface area contributed by atoms with Crippen LogP contribution >= 0.6 is 0 Å². The van der Waals surface area contributed by atoms with Gasteiger partial charge in [-0.1, -0.05) is 0 Å². The van der Waals surface area contributed by atoms with Gasteiger partial charge < -0.3 is 0 Å². The summed E-state index contributed by atoms with van der Waals surface area (Å²) in [5.41, 5.74) is 0. The van der Waals surface area contributed by atoms with Gasteiger partial charge in [0.15, 0.2) is 0 Å². The van der Waals surface area contributed by atoms with Crippen molar-refractivity contribution < 1.29 is 0 Å². The van der Waals surface area contributed by atoms with Gasteiger partial charge in [-0.05, 0) is 0 Å². The van der Waals surface area contributed by atoms with Crippen LogP contribution in [0.5, 0.6) is 0 Å². The van der Waals surface area contributed by atoms with Crippen molar-refractivity contribution in [2.24, 2.45) is 0 Å². The predicted octanol–water partition coefficient (Wildman–Crippen LogP) is -0.598. The fourth-order valence-corrected chi connectivity index (χ4v) is 118. The Labute approximate surface area is 101 Å². The molecule has 0 N–H and O–H groups in total. The van der Waals surface area contributed by atoms with Crippen molar-refractivity contribution in [3.63, 3.8) is 0 Å². The summed E-state index contributed by atoms with van der Waals surface area (Å²) in [4.78, 5) is 4.77. The molecule has 66 valence electrons. The molecule has 0 saturated carbocycles. The molecule has 0 amide bonds. The second-order valence-electron chi connectivity index (χ2n) is 1.51. The van der Waals surface area contributed by atoms with Crippen LogP contribution in [0.3, 0.4) is 0 Å². The third-order valence-electron chi connectivity index (χ3n) is 0.763. The average molecular weight is 552 g/mol. The van der Waals surface area contributed by atoms with E-state index in [0.717, 1.165) is 68.3 Å². The number of hydrogen-bond donors (Lipinski definition) is 0. The van der Waals surface area contributed by atoms with Crippen LogP contribution in [0.1, 0.15) is 0 Å². The molecule has 0 aliphatic rings. The predicted molar refractivity (Wildman–Crippen MR) is 61.0 cm³/mol. The molecule has 1 aromatic heterocycles. The monoisotopic (exact) mass is 558 g/mol. The molecular formula is C6H6Se6. The molecule has 0 aliphatic heterocycles. The van der Waals surface area contributed by atoms with Crippen LogP contribution in [0.25, 0.3) is 0 Å². The fraction of sp³-hybridized carbons (Fsp3) is 0. The molecule has 12 heavy (non-hydrogen) atoms. The van der Waals surface area contributed by atoms with E-state index in [-0.39, 0.29) is 0 Å². The first-order valence-electron chi connectivity index (χ1n) is 2.97. The van der Waals surface area contributed by atoms with Crippen LogP contribution in [0.2, 0.25) is 0 Å². The molecule has 0 aromatic carbocycles. The van der Waals surface area contributed by atoms with Crippen molar-refractivity contribution >= 4 is 68.3 Å². The summed E-state index contributed by atoms with van der Waals surface area (Å²) in [6.07, 6.45) is 0. The van der Waals surface area contributed by atoms with Gasteiger partial charge in [-0.3, -0.25) is 0 Å². The molecule has 1 heterocycles. The summed E-state index contributed by atoms with van der Waals surface area (Å²) in [6, 6.07) is 8.76. The van der Waals surface area contributed by atoms with Crippen LogP contribution in [0, 0.1) is 0 Å². The van der Waals surface area contributed by atoms with Crippen molar-refractivity contribution in [3.8, 4) is 0 Å². The fourth-order valence-electron chi connectivity index (χ4n) is 0.383. The van der Waals surface area contributed by atoms with Gasteiger partial charge in [0.1, 0.15) is 0 Å². The van der Waals surface area contributed by atoms with E-state index in [1.807, 2.05) is 0 Å². The SMILES string of the molecule is c1ccc[se][se][se][se][se][se]cc1. The Bertz CT molecular complexity index is 187. The van der Waals surface area contributed by atoms with Crippen molar-refractivity contribution in [2.75, 3.05) is 0 Å². The second-order valence-corrected chi connectivity index (χ2v) is 45.6. The first kappa shape index (κ1) is 12.4. The first-order valence-corrected chi connectivity index (χ1v) is 26.6. The van der Waals surface area contributed by atoms with Gasteiger partial charge in [-0.2, -0.15) is 0 Å². The normalized spacial score (nSPS) is 8.00. The van der Waals surface area contributed by atoms with E-state index in [2.05, 4.69) is 34.1 Å². The third-order valence-corrected chi connectivity index (χ3v) is 75.9. The van der Waals surface area contributed by atoms with Gasteiger partial charge >= 0.3 is 102 Å². The molecule has 0 spiro atoms. The van der Waals surface area contributed by atoms with Gasteiger partial charge in [0.25, 0.3) is 0 Å². The maximum absolute atomic E-state index is 2.38. The first-order chi connectivity index (χ1) is 6.00. The van der Waals surface area contributed by atoms with Crippen LogP contribution in [0.15, 0.2) is 34.1 Å². The summed E-state index contributed by atoms with van der Waals surface area (Å²) < 4.78 is 0. The molecule has 6 heteroatoms. The summed E-state index contributed by atoms with van der Waals surface area (Å²) in [6.45, 7) is 0. The molecular weight excluding hydrogens is 546 g/mol. The van der Waals surface area contributed by atoms with E-state index in [9.17, 15) is 0 Å². The summed E-state index contributed by atoms with van der Waals surface area (Å²) >= 11 is 1.73. The molecule has 0 nitrogen and oxygen atoms in total. The van der Waals surface area contributed by atoms with Crippen molar-refractivity contribution in [1.82, 2.24) is 0 Å². The topological polar surface area (TPSA) is 0 Å². The molecule has 1 aromatic rings. The van der Waals surface area contributed by atoms with E-state index in [0.29, 0.717) is 0 Å². The van der Waals surface area contributed by atoms with Gasteiger partial charge in [-0.15, -0.1) is 0 Å². The Morgan fingerprint density at radius 1 is 0.500 bits per heavy atom. The molecule has 0 atom stereocenters. The Hall–Kier alpha value is 2.34. The van der Waals surface area contributed by atoms with E-state index in [1.165, 1.54) is 0 Å². The summed E-state index contributed by atoms with van der Waals surface area (Å²) in [5, 5.41) is 0. The van der Waals surface area contributed by atoms with Crippen molar-refractivity contribution in [1.29, 1.82) is 0 Å². The number of hydrogen-bond acceptors (Lipinski definition) is 0. The second kappa shape index (κ2) is 9.88. The Morgan fingerprint density at radius 2 is 1.00 bits per heavy atom. The number of rotatable bonds is 0. The van der Waals surface area contributed by atoms with Crippen LogP contribution in [0.4, 0.5) is 0 Å². The van der Waals surface area contributed by atoms with E-state index in [4.69, 9.17) is 0 Å². The van der Waals surface area contributed by atoms with Crippen LogP contribution in [-0.2, 0) is 0 Å². The standard InChI is InChI=1S/C6H6Se6/c1-2-4-6-8-10-12-11-9-7-5-3-1/h1-6H. The molecule has 0 unspecified atom stereocenters. The maximum atomic E-state index is 2.38. The molecule has 1 rings (SSSR count). The molecule has 0 aliphatic carbocycles. The average Bonchev–Trinajstić information content (AvgIpc) is 2.05. The Morgan fingerprint density at radius 3 is 1.50 bits per heavy atom. The van der Waals surface area contributed by atoms with E-state index in [1.54, 1.807) is 0 Å². The molecule has 0 bridgehead atoms. The van der Waals surface area contributed by atoms with Gasteiger partial charge in [-0.25, -0.2) is 0 Å². The van der Waals surface area contributed by atoms with E-state index >= 15 is 0 Å². The third kappa shape index (κ3) is 7.71. The summed E-state index contributed by atoms with van der Waals surface area (Å²) in [5.74, 6) is 0. The molecule has 0 radical (unpaired) electrons. The zero-order chi connectivity index (χ0) is 8.49. The molecule has 0 saturated heterocycles. The van der Waals surface area contributed by atoms with Crippen molar-refractivity contribution in [3.05, 3.63) is 34.1 Å². The van der Waals surface area contributed by atoms with Gasteiger partial charge in [0, 0.05) is 0 Å². The zero-order valence-corrected chi connectivity index (χ0v) is 16.2.